The largest absolute Gasteiger partial charge is 0.421 e. The molecular weight excluding hydrogens is 485 g/mol. The van der Waals surface area contributed by atoms with Crippen LogP contribution in [0.25, 0.3) is 5.69 Å². The number of alkyl halides is 3. The van der Waals surface area contributed by atoms with Crippen molar-refractivity contribution in [1.82, 2.24) is 19.5 Å². The summed E-state index contributed by atoms with van der Waals surface area (Å²) < 4.78 is 46.5. The lowest BCUT2D eigenvalue weighted by Gasteiger charge is -2.42. The summed E-state index contributed by atoms with van der Waals surface area (Å²) in [7, 11) is 0. The molecule has 0 aromatic carbocycles. The van der Waals surface area contributed by atoms with E-state index in [9.17, 15) is 18.0 Å². The zero-order valence-corrected chi connectivity index (χ0v) is 19.2. The van der Waals surface area contributed by atoms with Crippen LogP contribution in [0.2, 0.25) is 5.02 Å². The van der Waals surface area contributed by atoms with E-state index >= 15 is 0 Å². The molecule has 2 fully saturated rings. The third-order valence-corrected chi connectivity index (χ3v) is 6.71. The molecule has 2 aliphatic rings. The number of halogens is 4. The molecule has 1 aliphatic heterocycles. The minimum atomic E-state index is -4.51. The second kappa shape index (κ2) is 9.12. The molecule has 2 N–H and O–H groups in total. The summed E-state index contributed by atoms with van der Waals surface area (Å²) in [6.45, 7) is 0.0622. The van der Waals surface area contributed by atoms with Crippen LogP contribution in [-0.4, -0.2) is 44.4 Å². The molecular formula is C23H22ClF3N6O2. The van der Waals surface area contributed by atoms with Gasteiger partial charge in [-0.2, -0.15) is 13.2 Å². The van der Waals surface area contributed by atoms with E-state index in [1.165, 1.54) is 23.0 Å². The first-order valence-electron chi connectivity index (χ1n) is 11.1. The first-order valence-corrected chi connectivity index (χ1v) is 11.5. The molecule has 0 amide bonds. The molecule has 3 atom stereocenters. The number of ether oxygens (including phenoxy) is 1. The van der Waals surface area contributed by atoms with Crippen molar-refractivity contribution in [2.45, 2.75) is 49.5 Å². The van der Waals surface area contributed by atoms with Crippen molar-refractivity contribution in [3.05, 3.63) is 70.0 Å². The lowest BCUT2D eigenvalue weighted by atomic mass is 9.87. The normalized spacial score (nSPS) is 24.1. The van der Waals surface area contributed by atoms with Gasteiger partial charge in [0, 0.05) is 42.7 Å². The van der Waals surface area contributed by atoms with Crippen LogP contribution in [-0.2, 0) is 10.3 Å². The average Bonchev–Trinajstić information content (AvgIpc) is 3.22. The van der Waals surface area contributed by atoms with Gasteiger partial charge < -0.3 is 15.4 Å². The standard InChI is InChI=1S/C23H22ClF3N6O2/c24-18-2-1-8-33(20(18)34)17-5-6-19(28-13-17)31-15-3-4-16(10-15)32-21-29-11-14(12-30-21)22(7-9-35-22)23(25,26)27/h1-2,5-6,8,11-13,15-16H,3-4,7,9-10H2,(H,28,31)(H,29,30,32)/t15-,16-,22?/m0/s1. The minimum Gasteiger partial charge on any atom is -0.367 e. The summed E-state index contributed by atoms with van der Waals surface area (Å²) in [6, 6.07) is 7.02. The van der Waals surface area contributed by atoms with Gasteiger partial charge in [-0.1, -0.05) is 11.6 Å². The van der Waals surface area contributed by atoms with E-state index < -0.39 is 11.8 Å². The van der Waals surface area contributed by atoms with Crippen LogP contribution in [0.4, 0.5) is 24.9 Å². The van der Waals surface area contributed by atoms with Gasteiger partial charge in [0.25, 0.3) is 5.56 Å². The molecule has 35 heavy (non-hydrogen) atoms. The van der Waals surface area contributed by atoms with Crippen molar-refractivity contribution < 1.29 is 17.9 Å². The molecule has 3 aromatic rings. The number of nitrogens with zero attached hydrogens (tertiary/aromatic N) is 4. The van der Waals surface area contributed by atoms with Gasteiger partial charge >= 0.3 is 6.18 Å². The molecule has 1 aliphatic carbocycles. The predicted octanol–water partition coefficient (Wildman–Crippen LogP) is 4.30. The van der Waals surface area contributed by atoms with Gasteiger partial charge in [-0.05, 0) is 43.5 Å². The van der Waals surface area contributed by atoms with Crippen molar-refractivity contribution in [2.24, 2.45) is 0 Å². The van der Waals surface area contributed by atoms with E-state index in [2.05, 4.69) is 25.6 Å². The number of nitrogens with one attached hydrogen (secondary N) is 2. The van der Waals surface area contributed by atoms with Gasteiger partial charge in [0.15, 0.2) is 5.60 Å². The Morgan fingerprint density at radius 1 is 1.06 bits per heavy atom. The number of rotatable bonds is 6. The van der Waals surface area contributed by atoms with Gasteiger partial charge in [-0.25, -0.2) is 15.0 Å². The molecule has 1 saturated heterocycles. The summed E-state index contributed by atoms with van der Waals surface area (Å²) in [6.07, 6.45) is 3.43. The smallest absolute Gasteiger partial charge is 0.367 e. The van der Waals surface area contributed by atoms with E-state index in [0.29, 0.717) is 11.5 Å². The molecule has 0 radical (unpaired) electrons. The fraction of sp³-hybridized carbons (Fsp3) is 0.391. The van der Waals surface area contributed by atoms with E-state index in [1.54, 1.807) is 30.6 Å². The molecule has 1 unspecified atom stereocenters. The molecule has 0 spiro atoms. The Morgan fingerprint density at radius 2 is 1.77 bits per heavy atom. The highest BCUT2D eigenvalue weighted by atomic mass is 35.5. The maximum absolute atomic E-state index is 13.4. The first kappa shape index (κ1) is 23.6. The molecule has 0 bridgehead atoms. The maximum Gasteiger partial charge on any atom is 0.421 e. The van der Waals surface area contributed by atoms with Crippen molar-refractivity contribution >= 4 is 23.4 Å². The summed E-state index contributed by atoms with van der Waals surface area (Å²) in [5.41, 5.74) is -2.08. The Balaban J connectivity index is 1.17. The highest BCUT2D eigenvalue weighted by Crippen LogP contribution is 2.49. The number of pyridine rings is 2. The Kier molecular flexibility index (Phi) is 6.14. The summed E-state index contributed by atoms with van der Waals surface area (Å²) in [4.78, 5) is 24.7. The molecule has 5 rings (SSSR count). The second-order valence-corrected chi connectivity index (χ2v) is 9.05. The maximum atomic E-state index is 13.4. The van der Waals surface area contributed by atoms with Gasteiger partial charge in [-0.3, -0.25) is 9.36 Å². The minimum absolute atomic E-state index is 0.0622. The van der Waals surface area contributed by atoms with Crippen LogP contribution in [0.15, 0.2) is 53.8 Å². The Labute approximate surface area is 203 Å². The third kappa shape index (κ3) is 4.57. The number of aromatic nitrogens is 4. The molecule has 4 heterocycles. The van der Waals surface area contributed by atoms with Crippen molar-refractivity contribution in [2.75, 3.05) is 17.2 Å². The lowest BCUT2D eigenvalue weighted by molar-refractivity contribution is -0.333. The zero-order chi connectivity index (χ0) is 24.6. The lowest BCUT2D eigenvalue weighted by Crippen LogP contribution is -2.52. The number of hydrogen-bond donors (Lipinski definition) is 2. The van der Waals surface area contributed by atoms with Crippen LogP contribution >= 0.6 is 11.6 Å². The van der Waals surface area contributed by atoms with Crippen molar-refractivity contribution in [3.63, 3.8) is 0 Å². The topological polar surface area (TPSA) is 94.0 Å². The van der Waals surface area contributed by atoms with Gasteiger partial charge in [0.2, 0.25) is 5.95 Å². The molecule has 8 nitrogen and oxygen atoms in total. The second-order valence-electron chi connectivity index (χ2n) is 8.65. The third-order valence-electron chi connectivity index (χ3n) is 6.42. The van der Waals surface area contributed by atoms with E-state index in [0.717, 1.165) is 19.3 Å². The SMILES string of the molecule is O=c1c(Cl)cccn1-c1ccc(N[C@H]2CC[C@H](Nc3ncc(C4(C(F)(F)F)CCO4)cn3)C2)nc1. The summed E-state index contributed by atoms with van der Waals surface area (Å²) in [5.74, 6) is 0.957. The Morgan fingerprint density at radius 3 is 2.37 bits per heavy atom. The average molecular weight is 507 g/mol. The highest BCUT2D eigenvalue weighted by molar-refractivity contribution is 6.30. The Hall–Kier alpha value is -3.18. The molecule has 3 aromatic heterocycles. The van der Waals surface area contributed by atoms with E-state index in [4.69, 9.17) is 16.3 Å². The van der Waals surface area contributed by atoms with Gasteiger partial charge in [-0.15, -0.1) is 0 Å². The fourth-order valence-corrected chi connectivity index (χ4v) is 4.62. The van der Waals surface area contributed by atoms with Gasteiger partial charge in [0.05, 0.1) is 18.5 Å². The molecule has 184 valence electrons. The number of hydrogen-bond acceptors (Lipinski definition) is 7. The number of anilines is 2. The van der Waals surface area contributed by atoms with Gasteiger partial charge in [0.1, 0.15) is 10.8 Å². The van der Waals surface area contributed by atoms with Crippen LogP contribution in [0.1, 0.15) is 31.2 Å². The van der Waals surface area contributed by atoms with Crippen LogP contribution < -0.4 is 16.2 Å². The van der Waals surface area contributed by atoms with Crippen LogP contribution in [0, 0.1) is 0 Å². The highest BCUT2D eigenvalue weighted by Gasteiger charge is 2.61. The predicted molar refractivity (Wildman–Crippen MR) is 124 cm³/mol. The monoisotopic (exact) mass is 506 g/mol. The molecule has 12 heteroatoms. The van der Waals surface area contributed by atoms with Crippen molar-refractivity contribution in [3.8, 4) is 5.69 Å². The van der Waals surface area contributed by atoms with E-state index in [1.807, 2.05) is 0 Å². The fourth-order valence-electron chi connectivity index (χ4n) is 4.45. The van der Waals surface area contributed by atoms with Crippen LogP contribution in [0.3, 0.4) is 0 Å². The van der Waals surface area contributed by atoms with Crippen LogP contribution in [0.5, 0.6) is 0 Å². The quantitative estimate of drug-likeness (QED) is 0.515. The first-order chi connectivity index (χ1) is 16.7. The Bertz CT molecular complexity index is 1250. The summed E-state index contributed by atoms with van der Waals surface area (Å²) in [5, 5.41) is 6.71. The van der Waals surface area contributed by atoms with E-state index in [-0.39, 0.29) is 47.2 Å². The van der Waals surface area contributed by atoms with Crippen molar-refractivity contribution in [1.29, 1.82) is 0 Å². The molecule has 1 saturated carbocycles. The summed E-state index contributed by atoms with van der Waals surface area (Å²) >= 11 is 5.90. The zero-order valence-electron chi connectivity index (χ0n) is 18.4.